The number of hydrogen-bond donors (Lipinski definition) is 2. The third-order valence-electron chi connectivity index (χ3n) is 4.20. The Morgan fingerprint density at radius 2 is 1.94 bits per heavy atom. The summed E-state index contributed by atoms with van der Waals surface area (Å²) in [5.74, 6) is -0.740. The van der Waals surface area contributed by atoms with Gasteiger partial charge in [0.15, 0.2) is 16.7 Å². The standard InChI is InChI=1S/C21H18Cl2N6O2/c1-11(2)26-20(30)14-9-13(24-4)8-12(3)18(14)27-21(31)16-10-17(23)28-29(16)19-15(22)6-5-7-25-19/h5-11H,1-3H3,(H,26,30)(H,27,31). The molecule has 2 amide bonds. The van der Waals surface area contributed by atoms with Gasteiger partial charge in [-0.1, -0.05) is 29.3 Å². The van der Waals surface area contributed by atoms with Crippen molar-refractivity contribution in [1.29, 1.82) is 0 Å². The molecule has 2 N–H and O–H groups in total. The van der Waals surface area contributed by atoms with Crippen molar-refractivity contribution < 1.29 is 9.59 Å². The molecular formula is C21H18Cl2N6O2. The normalized spacial score (nSPS) is 10.6. The largest absolute Gasteiger partial charge is 0.350 e. The molecule has 0 fully saturated rings. The highest BCUT2D eigenvalue weighted by atomic mass is 35.5. The lowest BCUT2D eigenvalue weighted by Crippen LogP contribution is -2.31. The molecule has 0 saturated heterocycles. The molecule has 10 heteroatoms. The number of carbonyl (C=O) groups excluding carboxylic acids is 2. The van der Waals surface area contributed by atoms with Crippen LogP contribution in [-0.4, -0.2) is 32.6 Å². The van der Waals surface area contributed by atoms with Gasteiger partial charge in [0.2, 0.25) is 0 Å². The van der Waals surface area contributed by atoms with Crippen LogP contribution in [0.4, 0.5) is 11.4 Å². The molecule has 0 aliphatic carbocycles. The monoisotopic (exact) mass is 456 g/mol. The first kappa shape index (κ1) is 22.3. The second-order valence-electron chi connectivity index (χ2n) is 6.95. The molecule has 0 atom stereocenters. The Morgan fingerprint density at radius 3 is 2.58 bits per heavy atom. The summed E-state index contributed by atoms with van der Waals surface area (Å²) in [4.78, 5) is 33.4. The summed E-state index contributed by atoms with van der Waals surface area (Å²) in [7, 11) is 0. The molecule has 0 unspecified atom stereocenters. The van der Waals surface area contributed by atoms with E-state index in [-0.39, 0.29) is 44.7 Å². The van der Waals surface area contributed by atoms with Gasteiger partial charge in [0.05, 0.1) is 22.8 Å². The first-order chi connectivity index (χ1) is 14.7. The Morgan fingerprint density at radius 1 is 1.19 bits per heavy atom. The number of benzene rings is 1. The van der Waals surface area contributed by atoms with Crippen LogP contribution in [0.2, 0.25) is 10.2 Å². The SMILES string of the molecule is [C-]#[N+]c1cc(C)c(NC(=O)c2cc(Cl)nn2-c2ncccc2Cl)c(C(=O)NC(C)C)c1. The molecule has 3 rings (SSSR count). The summed E-state index contributed by atoms with van der Waals surface area (Å²) in [6, 6.07) is 7.54. The number of aromatic nitrogens is 3. The molecule has 0 aliphatic rings. The van der Waals surface area contributed by atoms with Gasteiger partial charge in [-0.05, 0) is 44.5 Å². The van der Waals surface area contributed by atoms with Crippen molar-refractivity contribution in [3.05, 3.63) is 74.9 Å². The van der Waals surface area contributed by atoms with E-state index in [0.29, 0.717) is 5.56 Å². The van der Waals surface area contributed by atoms with Gasteiger partial charge in [0.1, 0.15) is 5.69 Å². The Bertz CT molecular complexity index is 1210. The van der Waals surface area contributed by atoms with Gasteiger partial charge in [-0.25, -0.2) is 14.5 Å². The summed E-state index contributed by atoms with van der Waals surface area (Å²) in [5.41, 5.74) is 1.39. The van der Waals surface area contributed by atoms with Crippen LogP contribution in [-0.2, 0) is 0 Å². The fourth-order valence-corrected chi connectivity index (χ4v) is 3.28. The van der Waals surface area contributed by atoms with Crippen molar-refractivity contribution in [3.8, 4) is 5.82 Å². The van der Waals surface area contributed by atoms with Crippen molar-refractivity contribution in [2.24, 2.45) is 0 Å². The topological polar surface area (TPSA) is 93.3 Å². The molecule has 8 nitrogen and oxygen atoms in total. The average Bonchev–Trinajstić information content (AvgIpc) is 3.10. The van der Waals surface area contributed by atoms with E-state index in [1.807, 2.05) is 13.8 Å². The van der Waals surface area contributed by atoms with Crippen LogP contribution < -0.4 is 10.6 Å². The molecule has 2 aromatic heterocycles. The third kappa shape index (κ3) is 4.85. The minimum absolute atomic E-state index is 0.0738. The molecule has 0 bridgehead atoms. The molecule has 1 aromatic carbocycles. The van der Waals surface area contributed by atoms with Crippen molar-refractivity contribution in [2.75, 3.05) is 5.32 Å². The first-order valence-corrected chi connectivity index (χ1v) is 9.97. The van der Waals surface area contributed by atoms with Gasteiger partial charge in [-0.3, -0.25) is 9.59 Å². The number of rotatable bonds is 5. The number of pyridine rings is 1. The van der Waals surface area contributed by atoms with Crippen LogP contribution in [0.1, 0.15) is 40.3 Å². The zero-order valence-electron chi connectivity index (χ0n) is 16.9. The van der Waals surface area contributed by atoms with Crippen LogP contribution in [0.15, 0.2) is 36.5 Å². The second kappa shape index (κ2) is 9.16. The lowest BCUT2D eigenvalue weighted by atomic mass is 10.0. The van der Waals surface area contributed by atoms with E-state index in [9.17, 15) is 9.59 Å². The maximum atomic E-state index is 13.1. The van der Waals surface area contributed by atoms with Gasteiger partial charge >= 0.3 is 0 Å². The van der Waals surface area contributed by atoms with Crippen LogP contribution in [0, 0.1) is 13.5 Å². The summed E-state index contributed by atoms with van der Waals surface area (Å²) < 4.78 is 1.23. The molecule has 3 aromatic rings. The summed E-state index contributed by atoms with van der Waals surface area (Å²) in [6.45, 7) is 12.6. The minimum Gasteiger partial charge on any atom is -0.350 e. The van der Waals surface area contributed by atoms with Crippen LogP contribution in [0.3, 0.4) is 0 Å². The number of hydrogen-bond acceptors (Lipinski definition) is 4. The van der Waals surface area contributed by atoms with Crippen molar-refractivity contribution in [3.63, 3.8) is 0 Å². The van der Waals surface area contributed by atoms with E-state index >= 15 is 0 Å². The maximum Gasteiger partial charge on any atom is 0.274 e. The number of halogens is 2. The van der Waals surface area contributed by atoms with E-state index in [1.54, 1.807) is 25.1 Å². The van der Waals surface area contributed by atoms with Gasteiger partial charge in [-0.2, -0.15) is 5.10 Å². The van der Waals surface area contributed by atoms with E-state index < -0.39 is 11.8 Å². The summed E-state index contributed by atoms with van der Waals surface area (Å²) >= 11 is 12.2. The molecule has 31 heavy (non-hydrogen) atoms. The molecule has 158 valence electrons. The van der Waals surface area contributed by atoms with E-state index in [0.717, 1.165) is 0 Å². The highest BCUT2D eigenvalue weighted by molar-refractivity contribution is 6.32. The highest BCUT2D eigenvalue weighted by Gasteiger charge is 2.22. The van der Waals surface area contributed by atoms with Gasteiger partial charge < -0.3 is 10.6 Å². The first-order valence-electron chi connectivity index (χ1n) is 9.22. The Kier molecular flexibility index (Phi) is 6.59. The fraction of sp³-hybridized carbons (Fsp3) is 0.190. The van der Waals surface area contributed by atoms with E-state index in [2.05, 4.69) is 25.6 Å². The number of aryl methyl sites for hydroxylation is 1. The number of nitrogens with zero attached hydrogens (tertiary/aromatic N) is 4. The predicted octanol–water partition coefficient (Wildman–Crippen LogP) is 4.82. The van der Waals surface area contributed by atoms with Crippen LogP contribution >= 0.6 is 23.2 Å². The van der Waals surface area contributed by atoms with Crippen molar-refractivity contribution in [2.45, 2.75) is 26.8 Å². The fourth-order valence-electron chi connectivity index (χ4n) is 2.90. The summed E-state index contributed by atoms with van der Waals surface area (Å²) in [6.07, 6.45) is 1.51. The van der Waals surface area contributed by atoms with E-state index in [1.165, 1.54) is 23.0 Å². The van der Waals surface area contributed by atoms with E-state index in [4.69, 9.17) is 29.8 Å². The highest BCUT2D eigenvalue weighted by Crippen LogP contribution is 2.29. The van der Waals surface area contributed by atoms with Crippen LogP contribution in [0.5, 0.6) is 0 Å². The summed E-state index contributed by atoms with van der Waals surface area (Å²) in [5, 5.41) is 9.99. The average molecular weight is 457 g/mol. The zero-order valence-corrected chi connectivity index (χ0v) is 18.4. The lowest BCUT2D eigenvalue weighted by molar-refractivity contribution is 0.0944. The smallest absolute Gasteiger partial charge is 0.274 e. The molecule has 0 saturated carbocycles. The Balaban J connectivity index is 2.05. The maximum absolute atomic E-state index is 13.1. The van der Waals surface area contributed by atoms with Gasteiger partial charge in [0, 0.05) is 18.3 Å². The third-order valence-corrected chi connectivity index (χ3v) is 4.68. The molecular weight excluding hydrogens is 439 g/mol. The lowest BCUT2D eigenvalue weighted by Gasteiger charge is -2.16. The van der Waals surface area contributed by atoms with Gasteiger partial charge in [0.25, 0.3) is 11.8 Å². The Hall–Kier alpha value is -3.41. The quantitative estimate of drug-likeness (QED) is 0.537. The van der Waals surface area contributed by atoms with Gasteiger partial charge in [-0.15, -0.1) is 0 Å². The molecule has 2 heterocycles. The number of anilines is 1. The molecule has 0 aliphatic heterocycles. The second-order valence-corrected chi connectivity index (χ2v) is 7.75. The zero-order chi connectivity index (χ0) is 22.7. The van der Waals surface area contributed by atoms with Crippen LogP contribution in [0.25, 0.3) is 10.7 Å². The minimum atomic E-state index is -0.571. The predicted molar refractivity (Wildman–Crippen MR) is 119 cm³/mol. The Labute approximate surface area is 189 Å². The van der Waals surface area contributed by atoms with Crippen molar-refractivity contribution in [1.82, 2.24) is 20.1 Å². The molecule has 0 spiro atoms. The number of carbonyl (C=O) groups is 2. The number of amides is 2. The molecule has 0 radical (unpaired) electrons. The van der Waals surface area contributed by atoms with Crippen molar-refractivity contribution >= 4 is 46.4 Å². The number of nitrogens with one attached hydrogen (secondary N) is 2.